The first-order valence-corrected chi connectivity index (χ1v) is 9.47. The molecule has 9 heteroatoms. The van der Waals surface area contributed by atoms with E-state index in [2.05, 4.69) is 4.74 Å². The van der Waals surface area contributed by atoms with Gasteiger partial charge in [-0.1, -0.05) is 19.4 Å². The average molecular weight is 460 g/mol. The molecule has 3 rings (SSSR count). The van der Waals surface area contributed by atoms with Crippen molar-refractivity contribution in [1.82, 2.24) is 0 Å². The summed E-state index contributed by atoms with van der Waals surface area (Å²) in [6.07, 6.45) is -3.72. The third-order valence-corrected chi connectivity index (χ3v) is 4.77. The van der Waals surface area contributed by atoms with Crippen LogP contribution in [0.1, 0.15) is 30.0 Å². The number of rotatable bonds is 7. The molecule has 0 aromatic heterocycles. The first-order valence-electron chi connectivity index (χ1n) is 9.47. The lowest BCUT2D eigenvalue weighted by Crippen LogP contribution is -2.24. The maximum Gasteiger partial charge on any atom is 0.429 e. The highest BCUT2D eigenvalue weighted by atomic mass is 19.3. The van der Waals surface area contributed by atoms with E-state index in [-0.39, 0.29) is 23.1 Å². The highest BCUT2D eigenvalue weighted by molar-refractivity contribution is 5.65. The molecule has 170 valence electrons. The molecular formula is C23H16F8O. The molecule has 3 aromatic rings. The summed E-state index contributed by atoms with van der Waals surface area (Å²) in [6.45, 7) is 0.304. The number of hydrogen-bond acceptors (Lipinski definition) is 1. The van der Waals surface area contributed by atoms with Crippen LogP contribution < -0.4 is 4.74 Å². The zero-order chi connectivity index (χ0) is 23.6. The van der Waals surface area contributed by atoms with E-state index in [1.54, 1.807) is 6.92 Å². The van der Waals surface area contributed by atoms with E-state index in [0.29, 0.717) is 30.7 Å². The van der Waals surface area contributed by atoms with Gasteiger partial charge < -0.3 is 4.74 Å². The van der Waals surface area contributed by atoms with E-state index < -0.39 is 58.7 Å². The van der Waals surface area contributed by atoms with Gasteiger partial charge in [0.1, 0.15) is 35.4 Å². The smallest absolute Gasteiger partial charge is 0.429 e. The van der Waals surface area contributed by atoms with Gasteiger partial charge in [-0.25, -0.2) is 26.3 Å². The van der Waals surface area contributed by atoms with E-state index in [1.807, 2.05) is 0 Å². The Morgan fingerprint density at radius 3 is 2.03 bits per heavy atom. The third-order valence-electron chi connectivity index (χ3n) is 4.77. The lowest BCUT2D eigenvalue weighted by Gasteiger charge is -2.20. The SMILES string of the molecule is CCCc1ccc(C(F)(F)Oc2ccc(-c3cc(F)c(CF)c(F)c3)c(F)c2)c(F)c1F. The highest BCUT2D eigenvalue weighted by Gasteiger charge is 2.39. The molecule has 0 unspecified atom stereocenters. The van der Waals surface area contributed by atoms with Crippen molar-refractivity contribution < 1.29 is 39.9 Å². The predicted molar refractivity (Wildman–Crippen MR) is 101 cm³/mol. The van der Waals surface area contributed by atoms with Crippen molar-refractivity contribution >= 4 is 0 Å². The van der Waals surface area contributed by atoms with Gasteiger partial charge in [0.25, 0.3) is 0 Å². The average Bonchev–Trinajstić information content (AvgIpc) is 2.71. The minimum atomic E-state index is -4.34. The summed E-state index contributed by atoms with van der Waals surface area (Å²) in [5, 5.41) is 0. The number of benzene rings is 3. The van der Waals surface area contributed by atoms with Crippen LogP contribution in [0.2, 0.25) is 0 Å². The standard InChI is InChI=1S/C23H16F8O/c1-2-3-12-4-7-17(22(29)21(12)28)23(30,31)32-14-5-6-15(20(27)10-14)13-8-18(25)16(11-24)19(26)9-13/h4-10H,2-3,11H2,1H3. The van der Waals surface area contributed by atoms with Gasteiger partial charge in [-0.15, -0.1) is 0 Å². The molecule has 3 aromatic carbocycles. The molecule has 0 heterocycles. The van der Waals surface area contributed by atoms with Gasteiger partial charge in [0.15, 0.2) is 11.6 Å². The lowest BCUT2D eigenvalue weighted by molar-refractivity contribution is -0.187. The molecule has 0 fully saturated rings. The van der Waals surface area contributed by atoms with Crippen LogP contribution in [0.3, 0.4) is 0 Å². The van der Waals surface area contributed by atoms with Crippen LogP contribution in [0.15, 0.2) is 42.5 Å². The predicted octanol–water partition coefficient (Wildman–Crippen LogP) is 7.60. The molecule has 0 aliphatic rings. The molecule has 0 radical (unpaired) electrons. The Morgan fingerprint density at radius 2 is 1.47 bits per heavy atom. The second-order valence-electron chi connectivity index (χ2n) is 6.96. The Balaban J connectivity index is 1.91. The van der Waals surface area contributed by atoms with Gasteiger partial charge in [0.2, 0.25) is 0 Å². The van der Waals surface area contributed by atoms with Crippen LogP contribution in [0.4, 0.5) is 35.1 Å². The molecule has 1 nitrogen and oxygen atoms in total. The molecule has 0 aliphatic heterocycles. The molecule has 0 N–H and O–H groups in total. The summed E-state index contributed by atoms with van der Waals surface area (Å²) in [7, 11) is 0. The number of halogens is 8. The van der Waals surface area contributed by atoms with Crippen LogP contribution in [-0.4, -0.2) is 0 Å². The van der Waals surface area contributed by atoms with Crippen LogP contribution in [0.5, 0.6) is 5.75 Å². The number of alkyl halides is 3. The quantitative estimate of drug-likeness (QED) is 0.330. The Hall–Kier alpha value is -3.10. The number of hydrogen-bond donors (Lipinski definition) is 0. The van der Waals surface area contributed by atoms with Gasteiger partial charge in [-0.3, -0.25) is 0 Å². The van der Waals surface area contributed by atoms with Gasteiger partial charge >= 0.3 is 6.11 Å². The zero-order valence-electron chi connectivity index (χ0n) is 16.6. The van der Waals surface area contributed by atoms with Crippen LogP contribution in [-0.2, 0) is 19.2 Å². The van der Waals surface area contributed by atoms with Gasteiger partial charge in [0, 0.05) is 11.6 Å². The van der Waals surface area contributed by atoms with Crippen molar-refractivity contribution in [3.63, 3.8) is 0 Å². The van der Waals surface area contributed by atoms with Crippen molar-refractivity contribution in [2.75, 3.05) is 0 Å². The maximum atomic E-state index is 14.5. The van der Waals surface area contributed by atoms with E-state index in [1.165, 1.54) is 0 Å². The minimum Gasteiger partial charge on any atom is -0.429 e. The molecule has 0 spiro atoms. The largest absolute Gasteiger partial charge is 0.429 e. The van der Waals surface area contributed by atoms with Crippen LogP contribution in [0, 0.1) is 29.1 Å². The van der Waals surface area contributed by atoms with Crippen LogP contribution in [0.25, 0.3) is 11.1 Å². The fraction of sp³-hybridized carbons (Fsp3) is 0.217. The Morgan fingerprint density at radius 1 is 0.812 bits per heavy atom. The second-order valence-corrected chi connectivity index (χ2v) is 6.96. The molecule has 0 amide bonds. The summed E-state index contributed by atoms with van der Waals surface area (Å²) in [5.41, 5.74) is -2.94. The maximum absolute atomic E-state index is 14.5. The summed E-state index contributed by atoms with van der Waals surface area (Å²) >= 11 is 0. The van der Waals surface area contributed by atoms with Crippen molar-refractivity contribution in [3.05, 3.63) is 88.2 Å². The summed E-state index contributed by atoms with van der Waals surface area (Å²) < 4.78 is 116. The monoisotopic (exact) mass is 460 g/mol. The van der Waals surface area contributed by atoms with E-state index >= 15 is 0 Å². The van der Waals surface area contributed by atoms with Crippen molar-refractivity contribution in [2.24, 2.45) is 0 Å². The molecular weight excluding hydrogens is 444 g/mol. The summed E-state index contributed by atoms with van der Waals surface area (Å²) in [6, 6.07) is 5.37. The molecule has 0 saturated carbocycles. The van der Waals surface area contributed by atoms with Crippen molar-refractivity contribution in [2.45, 2.75) is 32.5 Å². The molecule has 0 atom stereocenters. The lowest BCUT2D eigenvalue weighted by atomic mass is 10.0. The summed E-state index contributed by atoms with van der Waals surface area (Å²) in [4.78, 5) is 0. The Labute approximate surface area is 178 Å². The third kappa shape index (κ3) is 4.56. The Kier molecular flexibility index (Phi) is 6.76. The molecule has 0 aliphatic carbocycles. The van der Waals surface area contributed by atoms with E-state index in [9.17, 15) is 35.1 Å². The fourth-order valence-corrected chi connectivity index (χ4v) is 3.16. The topological polar surface area (TPSA) is 9.23 Å². The van der Waals surface area contributed by atoms with E-state index in [0.717, 1.165) is 18.2 Å². The second kappa shape index (κ2) is 9.18. The van der Waals surface area contributed by atoms with Gasteiger partial charge in [0.05, 0.1) is 5.56 Å². The first kappa shape index (κ1) is 23.6. The Bertz CT molecular complexity index is 1120. The summed E-state index contributed by atoms with van der Waals surface area (Å²) in [5.74, 6) is -7.60. The van der Waals surface area contributed by atoms with Crippen LogP contribution >= 0.6 is 0 Å². The fourth-order valence-electron chi connectivity index (χ4n) is 3.16. The van der Waals surface area contributed by atoms with Gasteiger partial charge in [-0.05, 0) is 47.9 Å². The first-order chi connectivity index (χ1) is 15.1. The number of aryl methyl sites for hydroxylation is 1. The van der Waals surface area contributed by atoms with Crippen molar-refractivity contribution in [3.8, 4) is 16.9 Å². The van der Waals surface area contributed by atoms with Crippen molar-refractivity contribution in [1.29, 1.82) is 0 Å². The van der Waals surface area contributed by atoms with E-state index in [4.69, 9.17) is 0 Å². The molecule has 0 saturated heterocycles. The molecule has 0 bridgehead atoms. The molecule has 32 heavy (non-hydrogen) atoms. The minimum absolute atomic E-state index is 0.0711. The van der Waals surface area contributed by atoms with Gasteiger partial charge in [-0.2, -0.15) is 8.78 Å². The normalized spacial score (nSPS) is 11.7. The number of ether oxygens (including phenoxy) is 1. The zero-order valence-corrected chi connectivity index (χ0v) is 16.6. The highest BCUT2D eigenvalue weighted by Crippen LogP contribution is 2.36.